The van der Waals surface area contributed by atoms with Crippen LogP contribution in [0.2, 0.25) is 0 Å². The number of rotatable bonds is 11. The summed E-state index contributed by atoms with van der Waals surface area (Å²) in [5.41, 5.74) is 0.243. The van der Waals surface area contributed by atoms with E-state index in [0.717, 1.165) is 13.2 Å². The molecule has 0 aromatic carbocycles. The number of hydrogen-bond acceptors (Lipinski definition) is 2. The van der Waals surface area contributed by atoms with Gasteiger partial charge in [-0.1, -0.05) is 32.6 Å². The maximum atomic E-state index is 5.83. The van der Waals surface area contributed by atoms with Crippen molar-refractivity contribution in [3.8, 4) is 0 Å². The van der Waals surface area contributed by atoms with E-state index in [1.54, 1.807) is 0 Å². The van der Waals surface area contributed by atoms with E-state index in [9.17, 15) is 0 Å². The van der Waals surface area contributed by atoms with Crippen molar-refractivity contribution < 1.29 is 4.74 Å². The Kier molecular flexibility index (Phi) is 10.8. The third-order valence-electron chi connectivity index (χ3n) is 3.09. The van der Waals surface area contributed by atoms with E-state index in [-0.39, 0.29) is 5.54 Å². The van der Waals surface area contributed by atoms with Crippen LogP contribution in [0.15, 0.2) is 0 Å². The molecule has 0 spiro atoms. The van der Waals surface area contributed by atoms with Gasteiger partial charge in [-0.2, -0.15) is 0 Å². The minimum atomic E-state index is 0.243. The van der Waals surface area contributed by atoms with Crippen molar-refractivity contribution in [2.45, 2.75) is 91.2 Å². The maximum absolute atomic E-state index is 5.83. The Morgan fingerprint density at radius 2 is 1.72 bits per heavy atom. The molecule has 0 saturated carbocycles. The van der Waals surface area contributed by atoms with Crippen LogP contribution in [0.5, 0.6) is 0 Å². The zero-order valence-corrected chi connectivity index (χ0v) is 13.3. The van der Waals surface area contributed by atoms with Gasteiger partial charge in [0, 0.05) is 12.1 Å². The predicted octanol–water partition coefficient (Wildman–Crippen LogP) is 4.53. The van der Waals surface area contributed by atoms with Gasteiger partial charge in [-0.3, -0.25) is 0 Å². The topological polar surface area (TPSA) is 21.3 Å². The van der Waals surface area contributed by atoms with Crippen LogP contribution in [-0.2, 0) is 4.74 Å². The monoisotopic (exact) mass is 257 g/mol. The number of hydrogen-bond donors (Lipinski definition) is 1. The zero-order valence-electron chi connectivity index (χ0n) is 13.3. The molecule has 0 heterocycles. The van der Waals surface area contributed by atoms with Crippen LogP contribution < -0.4 is 5.32 Å². The van der Waals surface area contributed by atoms with Gasteiger partial charge in [-0.25, -0.2) is 0 Å². The van der Waals surface area contributed by atoms with Crippen molar-refractivity contribution >= 4 is 0 Å². The molecule has 0 aromatic heterocycles. The van der Waals surface area contributed by atoms with Gasteiger partial charge in [0.25, 0.3) is 0 Å². The van der Waals surface area contributed by atoms with E-state index in [1.165, 1.54) is 44.9 Å². The SMILES string of the molecule is CCCCCCC(C)OCCCCNC(C)(C)C. The Morgan fingerprint density at radius 1 is 1.00 bits per heavy atom. The van der Waals surface area contributed by atoms with Gasteiger partial charge in [0.1, 0.15) is 0 Å². The van der Waals surface area contributed by atoms with Gasteiger partial charge in [-0.05, 0) is 53.5 Å². The summed E-state index contributed by atoms with van der Waals surface area (Å²) in [6.45, 7) is 13.1. The molecule has 2 heteroatoms. The molecule has 1 atom stereocenters. The Morgan fingerprint density at radius 3 is 2.33 bits per heavy atom. The van der Waals surface area contributed by atoms with E-state index in [1.807, 2.05) is 0 Å². The lowest BCUT2D eigenvalue weighted by atomic mass is 10.1. The minimum Gasteiger partial charge on any atom is -0.379 e. The van der Waals surface area contributed by atoms with Crippen LogP contribution in [-0.4, -0.2) is 24.8 Å². The minimum absolute atomic E-state index is 0.243. The van der Waals surface area contributed by atoms with Gasteiger partial charge >= 0.3 is 0 Å². The van der Waals surface area contributed by atoms with E-state index < -0.39 is 0 Å². The average molecular weight is 257 g/mol. The molecular weight excluding hydrogens is 222 g/mol. The molecular formula is C16H35NO. The molecule has 0 aliphatic carbocycles. The lowest BCUT2D eigenvalue weighted by molar-refractivity contribution is 0.0558. The first-order chi connectivity index (χ1) is 8.45. The molecule has 1 N–H and O–H groups in total. The molecule has 0 aliphatic heterocycles. The van der Waals surface area contributed by atoms with Crippen LogP contribution in [0, 0.1) is 0 Å². The Labute approximate surface area is 115 Å². The Balaban J connectivity index is 3.22. The molecule has 0 bridgehead atoms. The van der Waals surface area contributed by atoms with Gasteiger partial charge < -0.3 is 10.1 Å². The van der Waals surface area contributed by atoms with Gasteiger partial charge in [0.15, 0.2) is 0 Å². The highest BCUT2D eigenvalue weighted by atomic mass is 16.5. The maximum Gasteiger partial charge on any atom is 0.0547 e. The van der Waals surface area contributed by atoms with Gasteiger partial charge in [0.2, 0.25) is 0 Å². The standard InChI is InChI=1S/C16H35NO/c1-6-7-8-9-12-15(2)18-14-11-10-13-17-16(3,4)5/h15,17H,6-14H2,1-5H3. The molecule has 18 heavy (non-hydrogen) atoms. The van der Waals surface area contributed by atoms with E-state index >= 15 is 0 Å². The summed E-state index contributed by atoms with van der Waals surface area (Å²) >= 11 is 0. The summed E-state index contributed by atoms with van der Waals surface area (Å²) in [6, 6.07) is 0. The molecule has 0 aromatic rings. The van der Waals surface area contributed by atoms with Crippen LogP contribution in [0.4, 0.5) is 0 Å². The number of nitrogens with one attached hydrogen (secondary N) is 1. The van der Waals surface area contributed by atoms with Crippen LogP contribution in [0.25, 0.3) is 0 Å². The lowest BCUT2D eigenvalue weighted by Crippen LogP contribution is -2.36. The summed E-state index contributed by atoms with van der Waals surface area (Å²) in [5.74, 6) is 0. The second kappa shape index (κ2) is 10.8. The fourth-order valence-electron chi connectivity index (χ4n) is 1.92. The first-order valence-electron chi connectivity index (χ1n) is 7.82. The number of unbranched alkanes of at least 4 members (excludes halogenated alkanes) is 4. The van der Waals surface area contributed by atoms with Crippen molar-refractivity contribution in [3.63, 3.8) is 0 Å². The van der Waals surface area contributed by atoms with E-state index in [4.69, 9.17) is 4.74 Å². The Bertz CT molecular complexity index is 174. The summed E-state index contributed by atoms with van der Waals surface area (Å²) in [7, 11) is 0. The molecule has 110 valence electrons. The molecule has 0 radical (unpaired) electrons. The molecule has 0 saturated heterocycles. The molecule has 1 unspecified atom stereocenters. The van der Waals surface area contributed by atoms with Crippen LogP contribution >= 0.6 is 0 Å². The predicted molar refractivity (Wildman–Crippen MR) is 81.2 cm³/mol. The largest absolute Gasteiger partial charge is 0.379 e. The smallest absolute Gasteiger partial charge is 0.0547 e. The third-order valence-corrected chi connectivity index (χ3v) is 3.09. The van der Waals surface area contributed by atoms with Crippen molar-refractivity contribution in [1.82, 2.24) is 5.32 Å². The van der Waals surface area contributed by atoms with E-state index in [0.29, 0.717) is 6.10 Å². The average Bonchev–Trinajstić information content (AvgIpc) is 2.28. The molecule has 2 nitrogen and oxygen atoms in total. The fourth-order valence-corrected chi connectivity index (χ4v) is 1.92. The van der Waals surface area contributed by atoms with Gasteiger partial charge in [-0.15, -0.1) is 0 Å². The highest BCUT2D eigenvalue weighted by Crippen LogP contribution is 2.08. The normalized spacial score (nSPS) is 13.8. The highest BCUT2D eigenvalue weighted by molar-refractivity contribution is 4.69. The van der Waals surface area contributed by atoms with Crippen molar-refractivity contribution in [2.24, 2.45) is 0 Å². The van der Waals surface area contributed by atoms with E-state index in [2.05, 4.69) is 39.9 Å². The van der Waals surface area contributed by atoms with Crippen molar-refractivity contribution in [2.75, 3.05) is 13.2 Å². The molecule has 0 fully saturated rings. The highest BCUT2D eigenvalue weighted by Gasteiger charge is 2.07. The number of ether oxygens (including phenoxy) is 1. The first-order valence-corrected chi connectivity index (χ1v) is 7.82. The molecule has 0 amide bonds. The molecule has 0 rings (SSSR count). The van der Waals surface area contributed by atoms with Crippen molar-refractivity contribution in [3.05, 3.63) is 0 Å². The first kappa shape index (κ1) is 17.9. The summed E-state index contributed by atoms with van der Waals surface area (Å²) in [6.07, 6.45) is 9.40. The summed E-state index contributed by atoms with van der Waals surface area (Å²) in [5, 5.41) is 3.50. The quantitative estimate of drug-likeness (QED) is 0.549. The van der Waals surface area contributed by atoms with Crippen LogP contribution in [0.3, 0.4) is 0 Å². The molecule has 0 aliphatic rings. The van der Waals surface area contributed by atoms with Gasteiger partial charge in [0.05, 0.1) is 6.10 Å². The fraction of sp³-hybridized carbons (Fsp3) is 1.00. The van der Waals surface area contributed by atoms with Crippen molar-refractivity contribution in [1.29, 1.82) is 0 Å². The second-order valence-corrected chi connectivity index (χ2v) is 6.41. The summed E-state index contributed by atoms with van der Waals surface area (Å²) < 4.78 is 5.83. The second-order valence-electron chi connectivity index (χ2n) is 6.41. The third kappa shape index (κ3) is 14.0. The zero-order chi connectivity index (χ0) is 13.9. The lowest BCUT2D eigenvalue weighted by Gasteiger charge is -2.20. The van der Waals surface area contributed by atoms with Crippen LogP contribution in [0.1, 0.15) is 79.6 Å². The Hall–Kier alpha value is -0.0800. The summed E-state index contributed by atoms with van der Waals surface area (Å²) in [4.78, 5) is 0.